The van der Waals surface area contributed by atoms with E-state index in [1.54, 1.807) is 0 Å². The highest BCUT2D eigenvalue weighted by Crippen LogP contribution is 2.57. The van der Waals surface area contributed by atoms with Gasteiger partial charge in [-0.1, -0.05) is 200 Å². The van der Waals surface area contributed by atoms with Crippen LogP contribution < -0.4 is 4.90 Å². The van der Waals surface area contributed by atoms with E-state index in [1.807, 2.05) is 12.1 Å². The average Bonchev–Trinajstić information content (AvgIpc) is 3.88. The van der Waals surface area contributed by atoms with Crippen molar-refractivity contribution in [3.05, 3.63) is 271 Å². The van der Waals surface area contributed by atoms with E-state index in [0.29, 0.717) is 0 Å². The Labute approximate surface area is 367 Å². The van der Waals surface area contributed by atoms with Gasteiger partial charge >= 0.3 is 0 Å². The molecule has 1 unspecified atom stereocenters. The molecule has 0 N–H and O–H groups in total. The molecule has 1 aliphatic rings. The number of benzene rings is 10. The first-order valence-corrected chi connectivity index (χ1v) is 21.7. The fourth-order valence-electron chi connectivity index (χ4n) is 10.0. The van der Waals surface area contributed by atoms with Crippen molar-refractivity contribution in [2.75, 3.05) is 4.90 Å². The third-order valence-electron chi connectivity index (χ3n) is 13.0. The lowest BCUT2D eigenvalue weighted by Gasteiger charge is -2.35. The predicted molar refractivity (Wildman–Crippen MR) is 262 cm³/mol. The molecule has 0 saturated carbocycles. The number of para-hydroxylation sites is 1. The molecule has 0 saturated heterocycles. The van der Waals surface area contributed by atoms with Crippen molar-refractivity contribution in [2.45, 2.75) is 5.41 Å². The van der Waals surface area contributed by atoms with Crippen LogP contribution >= 0.6 is 0 Å². The van der Waals surface area contributed by atoms with E-state index >= 15 is 0 Å². The summed E-state index contributed by atoms with van der Waals surface area (Å²) >= 11 is 0. The Kier molecular flexibility index (Phi) is 8.76. The zero-order valence-electron chi connectivity index (χ0n) is 34.5. The number of hydrogen-bond acceptors (Lipinski definition) is 2. The average molecular weight is 804 g/mol. The van der Waals surface area contributed by atoms with Crippen molar-refractivity contribution in [2.24, 2.45) is 0 Å². The van der Waals surface area contributed by atoms with Gasteiger partial charge < -0.3 is 9.32 Å². The van der Waals surface area contributed by atoms with Crippen molar-refractivity contribution < 1.29 is 4.42 Å². The summed E-state index contributed by atoms with van der Waals surface area (Å²) in [4.78, 5) is 2.38. The predicted octanol–water partition coefficient (Wildman–Crippen LogP) is 16.4. The van der Waals surface area contributed by atoms with E-state index in [4.69, 9.17) is 4.42 Å². The lowest BCUT2D eigenvalue weighted by atomic mass is 9.67. The number of nitrogens with zero attached hydrogens (tertiary/aromatic N) is 1. The molecule has 12 rings (SSSR count). The minimum absolute atomic E-state index is 0.567. The Balaban J connectivity index is 1.03. The number of furan rings is 1. The molecule has 2 heteroatoms. The van der Waals surface area contributed by atoms with Crippen molar-refractivity contribution in [1.29, 1.82) is 0 Å². The summed E-state index contributed by atoms with van der Waals surface area (Å²) in [5.41, 5.74) is 19.0. The maximum Gasteiger partial charge on any atom is 0.137 e. The van der Waals surface area contributed by atoms with Gasteiger partial charge in [0.2, 0.25) is 0 Å². The van der Waals surface area contributed by atoms with E-state index in [1.165, 1.54) is 61.2 Å². The molecule has 0 radical (unpaired) electrons. The van der Waals surface area contributed by atoms with Crippen LogP contribution in [0.2, 0.25) is 0 Å². The fourth-order valence-corrected chi connectivity index (χ4v) is 10.0. The molecule has 1 aromatic heterocycles. The number of fused-ring (bicyclic) bond motifs is 6. The van der Waals surface area contributed by atoms with Gasteiger partial charge in [0.15, 0.2) is 0 Å². The van der Waals surface area contributed by atoms with Crippen LogP contribution in [-0.2, 0) is 5.41 Å². The smallest absolute Gasteiger partial charge is 0.137 e. The number of rotatable bonds is 8. The number of hydrogen-bond donors (Lipinski definition) is 0. The first-order valence-electron chi connectivity index (χ1n) is 21.7. The molecule has 10 aromatic carbocycles. The Hall–Kier alpha value is -8.20. The standard InChI is InChI=1S/C61H41NO/c1-4-14-42(15-5-1)44-24-26-45(27-25-44)47-30-34-50(35-31-47)62(52-37-39-56-55-21-11-13-23-59(55)63-60(56)41-52)51-36-38-54-53-20-10-12-22-57(53)61(58(54)40-51,48-18-8-3-9-19-48)49-32-28-46(29-33-49)43-16-6-2-7-17-43/h1-41H. The molecule has 1 heterocycles. The van der Waals surface area contributed by atoms with Crippen molar-refractivity contribution in [3.63, 3.8) is 0 Å². The molecule has 0 amide bonds. The van der Waals surface area contributed by atoms with Crippen LogP contribution in [0.3, 0.4) is 0 Å². The third-order valence-corrected chi connectivity index (χ3v) is 13.0. The second-order valence-corrected chi connectivity index (χ2v) is 16.4. The summed E-state index contributed by atoms with van der Waals surface area (Å²) in [6, 6.07) is 90.3. The van der Waals surface area contributed by atoms with Crippen LogP contribution in [0, 0.1) is 0 Å². The molecule has 1 aliphatic carbocycles. The molecule has 0 bridgehead atoms. The maximum atomic E-state index is 6.51. The second-order valence-electron chi connectivity index (χ2n) is 16.4. The van der Waals surface area contributed by atoms with Gasteiger partial charge in [0, 0.05) is 33.9 Å². The first-order chi connectivity index (χ1) is 31.2. The quantitative estimate of drug-likeness (QED) is 0.152. The zero-order valence-corrected chi connectivity index (χ0v) is 34.5. The second kappa shape index (κ2) is 15.1. The Morgan fingerprint density at radius 3 is 1.40 bits per heavy atom. The van der Waals surface area contributed by atoms with Crippen LogP contribution in [0.5, 0.6) is 0 Å². The molecule has 1 atom stereocenters. The molecular formula is C61H41NO. The van der Waals surface area contributed by atoms with Crippen LogP contribution in [0.25, 0.3) is 66.4 Å². The summed E-state index contributed by atoms with van der Waals surface area (Å²) in [5.74, 6) is 0. The van der Waals surface area contributed by atoms with Gasteiger partial charge in [-0.25, -0.2) is 0 Å². The highest BCUT2D eigenvalue weighted by Gasteiger charge is 2.46. The van der Waals surface area contributed by atoms with Gasteiger partial charge in [0.1, 0.15) is 11.2 Å². The summed E-state index contributed by atoms with van der Waals surface area (Å²) in [7, 11) is 0. The molecule has 11 aromatic rings. The zero-order chi connectivity index (χ0) is 41.7. The van der Waals surface area contributed by atoms with Crippen molar-refractivity contribution in [1.82, 2.24) is 0 Å². The van der Waals surface area contributed by atoms with E-state index in [2.05, 4.69) is 241 Å². The molecular weight excluding hydrogens is 763 g/mol. The van der Waals surface area contributed by atoms with E-state index in [-0.39, 0.29) is 0 Å². The lowest BCUT2D eigenvalue weighted by molar-refractivity contribution is 0.669. The Morgan fingerprint density at radius 1 is 0.286 bits per heavy atom. The fraction of sp³-hybridized carbons (Fsp3) is 0.0164. The molecule has 2 nitrogen and oxygen atoms in total. The summed E-state index contributed by atoms with van der Waals surface area (Å²) in [6.45, 7) is 0. The van der Waals surface area contributed by atoms with Crippen LogP contribution in [0.15, 0.2) is 253 Å². The molecule has 0 fully saturated rings. The topological polar surface area (TPSA) is 16.4 Å². The minimum atomic E-state index is -0.567. The van der Waals surface area contributed by atoms with Gasteiger partial charge in [0.25, 0.3) is 0 Å². The van der Waals surface area contributed by atoms with Gasteiger partial charge in [0.05, 0.1) is 5.41 Å². The summed E-state index contributed by atoms with van der Waals surface area (Å²) in [6.07, 6.45) is 0. The molecule has 0 aliphatic heterocycles. The molecule has 296 valence electrons. The highest BCUT2D eigenvalue weighted by molar-refractivity contribution is 6.06. The molecule has 0 spiro atoms. The highest BCUT2D eigenvalue weighted by atomic mass is 16.3. The van der Waals surface area contributed by atoms with Gasteiger partial charge in [-0.15, -0.1) is 0 Å². The van der Waals surface area contributed by atoms with Crippen molar-refractivity contribution >= 4 is 39.0 Å². The lowest BCUT2D eigenvalue weighted by Crippen LogP contribution is -2.28. The van der Waals surface area contributed by atoms with E-state index < -0.39 is 5.41 Å². The summed E-state index contributed by atoms with van der Waals surface area (Å²) in [5, 5.41) is 2.23. The SMILES string of the molecule is c1ccc(-c2ccc(-c3ccc(N(c4ccc5c(c4)C(c4ccccc4)(c4ccc(-c6ccccc6)cc4)c4ccccc4-5)c4ccc5c(c4)oc4ccccc45)cc3)cc2)cc1. The van der Waals surface area contributed by atoms with Crippen molar-refractivity contribution in [3.8, 4) is 44.5 Å². The molecule has 63 heavy (non-hydrogen) atoms. The van der Waals surface area contributed by atoms with Crippen LogP contribution in [0.4, 0.5) is 17.1 Å². The maximum absolute atomic E-state index is 6.51. The van der Waals surface area contributed by atoms with Crippen LogP contribution in [-0.4, -0.2) is 0 Å². The normalized spacial score (nSPS) is 14.1. The van der Waals surface area contributed by atoms with E-state index in [0.717, 1.165) is 44.6 Å². The minimum Gasteiger partial charge on any atom is -0.456 e. The monoisotopic (exact) mass is 803 g/mol. The van der Waals surface area contributed by atoms with Gasteiger partial charge in [-0.3, -0.25) is 0 Å². The van der Waals surface area contributed by atoms with E-state index in [9.17, 15) is 0 Å². The van der Waals surface area contributed by atoms with Gasteiger partial charge in [-0.05, 0) is 109 Å². The summed E-state index contributed by atoms with van der Waals surface area (Å²) < 4.78 is 6.51. The van der Waals surface area contributed by atoms with Gasteiger partial charge in [-0.2, -0.15) is 0 Å². The van der Waals surface area contributed by atoms with Crippen LogP contribution in [0.1, 0.15) is 22.3 Å². The third kappa shape index (κ3) is 6.10. The largest absolute Gasteiger partial charge is 0.456 e. The number of anilines is 3. The Morgan fingerprint density at radius 2 is 0.730 bits per heavy atom. The Bertz CT molecular complexity index is 3410. The first kappa shape index (κ1) is 36.6.